The number of rotatable bonds is 5. The molecule has 1 aliphatic heterocycles. The van der Waals surface area contributed by atoms with Crippen LogP contribution in [0.25, 0.3) is 0 Å². The van der Waals surface area contributed by atoms with Gasteiger partial charge in [0.25, 0.3) is 11.8 Å². The molecule has 0 unspecified atom stereocenters. The van der Waals surface area contributed by atoms with Crippen LogP contribution in [0, 0.1) is 12.7 Å². The van der Waals surface area contributed by atoms with Gasteiger partial charge in [0.05, 0.1) is 0 Å². The molecule has 0 saturated heterocycles. The Morgan fingerprint density at radius 1 is 1.10 bits per heavy atom. The van der Waals surface area contributed by atoms with Crippen molar-refractivity contribution in [3.8, 4) is 0 Å². The minimum absolute atomic E-state index is 0.134. The zero-order chi connectivity index (χ0) is 21.1. The molecule has 0 fully saturated rings. The number of nitrogens with one attached hydrogen (secondary N) is 1. The first-order chi connectivity index (χ1) is 14.5. The fraction of sp³-hybridized carbons (Fsp3) is 0.261. The number of carbonyl (C=O) groups is 2. The van der Waals surface area contributed by atoms with Crippen molar-refractivity contribution in [2.75, 3.05) is 6.54 Å². The molecular formula is C23H23FN4O2. The van der Waals surface area contributed by atoms with E-state index in [1.165, 1.54) is 23.8 Å². The second-order valence-electron chi connectivity index (χ2n) is 7.52. The van der Waals surface area contributed by atoms with Crippen LogP contribution in [0.5, 0.6) is 0 Å². The Morgan fingerprint density at radius 3 is 2.67 bits per heavy atom. The van der Waals surface area contributed by atoms with E-state index in [9.17, 15) is 14.0 Å². The van der Waals surface area contributed by atoms with Gasteiger partial charge in [-0.1, -0.05) is 42.0 Å². The van der Waals surface area contributed by atoms with E-state index in [4.69, 9.17) is 0 Å². The third-order valence-corrected chi connectivity index (χ3v) is 5.15. The van der Waals surface area contributed by atoms with Crippen molar-refractivity contribution >= 4 is 11.8 Å². The minimum atomic E-state index is -0.391. The SMILES string of the molecule is Cc1ccc(CN2CCCn3nc(C(=O)NCc4cccc(F)c4)cc3C2=O)cc1. The maximum absolute atomic E-state index is 13.3. The van der Waals surface area contributed by atoms with E-state index in [2.05, 4.69) is 10.4 Å². The summed E-state index contributed by atoms with van der Waals surface area (Å²) in [5.74, 6) is -0.878. The first-order valence-corrected chi connectivity index (χ1v) is 9.95. The molecule has 7 heteroatoms. The molecule has 2 heterocycles. The highest BCUT2D eigenvalue weighted by atomic mass is 19.1. The van der Waals surface area contributed by atoms with Crippen molar-refractivity contribution in [3.63, 3.8) is 0 Å². The molecule has 154 valence electrons. The molecule has 2 amide bonds. The molecule has 1 aromatic heterocycles. The number of fused-ring (bicyclic) bond motifs is 1. The Labute approximate surface area is 174 Å². The van der Waals surface area contributed by atoms with Crippen molar-refractivity contribution in [2.45, 2.75) is 33.0 Å². The van der Waals surface area contributed by atoms with Crippen LogP contribution in [-0.4, -0.2) is 33.0 Å². The van der Waals surface area contributed by atoms with E-state index in [0.717, 1.165) is 12.0 Å². The maximum Gasteiger partial charge on any atom is 0.272 e. The maximum atomic E-state index is 13.3. The van der Waals surface area contributed by atoms with Crippen LogP contribution in [0.1, 0.15) is 44.1 Å². The third kappa shape index (κ3) is 4.40. The van der Waals surface area contributed by atoms with Crippen LogP contribution < -0.4 is 5.32 Å². The largest absolute Gasteiger partial charge is 0.347 e. The number of hydrogen-bond acceptors (Lipinski definition) is 3. The van der Waals surface area contributed by atoms with Crippen LogP contribution >= 0.6 is 0 Å². The molecule has 2 aromatic carbocycles. The lowest BCUT2D eigenvalue weighted by Crippen LogP contribution is -2.30. The summed E-state index contributed by atoms with van der Waals surface area (Å²) in [6.07, 6.45) is 0.761. The molecule has 0 atom stereocenters. The van der Waals surface area contributed by atoms with Gasteiger partial charge in [-0.25, -0.2) is 4.39 Å². The fourth-order valence-corrected chi connectivity index (χ4v) is 3.53. The van der Waals surface area contributed by atoms with E-state index in [1.807, 2.05) is 31.2 Å². The van der Waals surface area contributed by atoms with Crippen LogP contribution in [0.4, 0.5) is 4.39 Å². The van der Waals surface area contributed by atoms with Crippen molar-refractivity contribution in [3.05, 3.63) is 88.5 Å². The van der Waals surface area contributed by atoms with Gasteiger partial charge < -0.3 is 10.2 Å². The summed E-state index contributed by atoms with van der Waals surface area (Å²) in [6.45, 7) is 3.94. The highest BCUT2D eigenvalue weighted by Gasteiger charge is 2.26. The summed E-state index contributed by atoms with van der Waals surface area (Å²) in [7, 11) is 0. The summed E-state index contributed by atoms with van der Waals surface area (Å²) in [5, 5.41) is 7.06. The summed E-state index contributed by atoms with van der Waals surface area (Å²) >= 11 is 0. The molecule has 0 spiro atoms. The zero-order valence-corrected chi connectivity index (χ0v) is 16.8. The van der Waals surface area contributed by atoms with Crippen LogP contribution in [0.2, 0.25) is 0 Å². The van der Waals surface area contributed by atoms with E-state index in [-0.39, 0.29) is 24.0 Å². The number of hydrogen-bond donors (Lipinski definition) is 1. The Morgan fingerprint density at radius 2 is 1.90 bits per heavy atom. The topological polar surface area (TPSA) is 67.2 Å². The lowest BCUT2D eigenvalue weighted by Gasteiger charge is -2.20. The van der Waals surface area contributed by atoms with Gasteiger partial charge in [0.1, 0.15) is 11.5 Å². The second-order valence-corrected chi connectivity index (χ2v) is 7.52. The Bertz CT molecular complexity index is 1080. The average molecular weight is 406 g/mol. The summed E-state index contributed by atoms with van der Waals surface area (Å²) in [5.41, 5.74) is 3.50. The molecule has 30 heavy (non-hydrogen) atoms. The first kappa shape index (κ1) is 19.8. The normalized spacial score (nSPS) is 13.7. The standard InChI is InChI=1S/C23H23FN4O2/c1-16-6-8-17(9-7-16)15-27-10-3-11-28-21(23(27)30)13-20(26-28)22(29)25-14-18-4-2-5-19(24)12-18/h2,4-9,12-13H,3,10-11,14-15H2,1H3,(H,25,29). The summed E-state index contributed by atoms with van der Waals surface area (Å²) in [4.78, 5) is 27.4. The Balaban J connectivity index is 1.46. The number of carbonyl (C=O) groups excluding carboxylic acids is 2. The van der Waals surface area contributed by atoms with Crippen molar-refractivity contribution < 1.29 is 14.0 Å². The van der Waals surface area contributed by atoms with E-state index >= 15 is 0 Å². The summed E-state index contributed by atoms with van der Waals surface area (Å²) in [6, 6.07) is 15.7. The monoisotopic (exact) mass is 406 g/mol. The molecule has 1 N–H and O–H groups in total. The number of nitrogens with zero attached hydrogens (tertiary/aromatic N) is 3. The van der Waals surface area contributed by atoms with Crippen LogP contribution in [0.3, 0.4) is 0 Å². The minimum Gasteiger partial charge on any atom is -0.347 e. The lowest BCUT2D eigenvalue weighted by atomic mass is 10.1. The molecular weight excluding hydrogens is 383 g/mol. The highest BCUT2D eigenvalue weighted by Crippen LogP contribution is 2.17. The summed E-state index contributed by atoms with van der Waals surface area (Å²) < 4.78 is 14.9. The molecule has 0 bridgehead atoms. The zero-order valence-electron chi connectivity index (χ0n) is 16.8. The van der Waals surface area contributed by atoms with Crippen molar-refractivity contribution in [1.82, 2.24) is 20.0 Å². The van der Waals surface area contributed by atoms with Gasteiger partial charge in [-0.2, -0.15) is 5.10 Å². The van der Waals surface area contributed by atoms with Gasteiger partial charge in [-0.3, -0.25) is 14.3 Å². The van der Waals surface area contributed by atoms with Gasteiger partial charge in [-0.05, 0) is 36.6 Å². The Kier molecular flexibility index (Phi) is 5.61. The highest BCUT2D eigenvalue weighted by molar-refractivity contribution is 5.98. The number of aromatic nitrogens is 2. The third-order valence-electron chi connectivity index (χ3n) is 5.15. The first-order valence-electron chi connectivity index (χ1n) is 9.95. The van der Waals surface area contributed by atoms with Gasteiger partial charge in [-0.15, -0.1) is 0 Å². The van der Waals surface area contributed by atoms with E-state index in [0.29, 0.717) is 30.9 Å². The predicted molar refractivity (Wildman–Crippen MR) is 110 cm³/mol. The second kappa shape index (κ2) is 8.49. The number of benzene rings is 2. The Hall–Kier alpha value is -3.48. The smallest absolute Gasteiger partial charge is 0.272 e. The lowest BCUT2D eigenvalue weighted by molar-refractivity contribution is 0.0745. The molecule has 4 rings (SSSR count). The average Bonchev–Trinajstić information content (AvgIpc) is 3.11. The molecule has 0 radical (unpaired) electrons. The number of amides is 2. The van der Waals surface area contributed by atoms with Gasteiger partial charge in [0, 0.05) is 32.2 Å². The molecule has 3 aromatic rings. The van der Waals surface area contributed by atoms with Crippen molar-refractivity contribution in [2.24, 2.45) is 0 Å². The van der Waals surface area contributed by atoms with Gasteiger partial charge >= 0.3 is 0 Å². The molecule has 0 saturated carbocycles. The molecule has 0 aliphatic carbocycles. The predicted octanol–water partition coefficient (Wildman–Crippen LogP) is 3.31. The van der Waals surface area contributed by atoms with E-state index in [1.54, 1.807) is 21.7 Å². The van der Waals surface area contributed by atoms with Crippen LogP contribution in [-0.2, 0) is 19.6 Å². The van der Waals surface area contributed by atoms with Gasteiger partial charge in [0.15, 0.2) is 5.69 Å². The number of aryl methyl sites for hydroxylation is 2. The fourth-order valence-electron chi connectivity index (χ4n) is 3.53. The van der Waals surface area contributed by atoms with Crippen molar-refractivity contribution in [1.29, 1.82) is 0 Å². The van der Waals surface area contributed by atoms with Gasteiger partial charge in [0.2, 0.25) is 0 Å². The number of halogens is 1. The van der Waals surface area contributed by atoms with Crippen LogP contribution in [0.15, 0.2) is 54.6 Å². The quantitative estimate of drug-likeness (QED) is 0.707. The molecule has 6 nitrogen and oxygen atoms in total. The molecule has 1 aliphatic rings. The van der Waals surface area contributed by atoms with E-state index < -0.39 is 5.91 Å².